The molecule has 6 nitrogen and oxygen atoms in total. The van der Waals surface area contributed by atoms with Crippen LogP contribution in [0.1, 0.15) is 113 Å². The molecule has 202 valence electrons. The van der Waals surface area contributed by atoms with E-state index < -0.39 is 11.3 Å². The molecular formula is C29H52N2O4. The summed E-state index contributed by atoms with van der Waals surface area (Å²) in [6.07, 6.45) is 13.4. The van der Waals surface area contributed by atoms with Crippen LogP contribution in [0.5, 0.6) is 0 Å². The Morgan fingerprint density at radius 3 is 2.40 bits per heavy atom. The highest BCUT2D eigenvalue weighted by molar-refractivity contribution is 5.87. The lowest BCUT2D eigenvalue weighted by atomic mass is 9.81. The number of carbonyl (C=O) groups is 2. The molecule has 2 rings (SSSR count). The van der Waals surface area contributed by atoms with E-state index in [0.717, 1.165) is 25.7 Å². The maximum Gasteiger partial charge on any atom is 0.412 e. The van der Waals surface area contributed by atoms with Crippen molar-refractivity contribution in [3.05, 3.63) is 12.2 Å². The Morgan fingerprint density at radius 2 is 1.83 bits per heavy atom. The number of nitrogens with zero attached hydrogens (tertiary/aromatic N) is 1. The molecule has 1 aliphatic carbocycles. The zero-order chi connectivity index (χ0) is 26.2. The first-order valence-corrected chi connectivity index (χ1v) is 14.0. The SMILES string of the molecule is CCCCNC(=O)/C=C/[C@@H](C[C@@H]1OC(C)(C)N(C(=O)OC(C)(C)C)[C@H]1CC1CCCCC1)C(C)C. The zero-order valence-electron chi connectivity index (χ0n) is 23.7. The summed E-state index contributed by atoms with van der Waals surface area (Å²) in [5.41, 5.74) is -1.30. The molecule has 2 aliphatic rings. The van der Waals surface area contributed by atoms with Crippen molar-refractivity contribution in [3.63, 3.8) is 0 Å². The summed E-state index contributed by atoms with van der Waals surface area (Å²) in [6.45, 7) is 16.9. The van der Waals surface area contributed by atoms with Gasteiger partial charge in [0.15, 0.2) is 0 Å². The first kappa shape index (κ1) is 29.7. The molecule has 1 saturated carbocycles. The Bertz CT molecular complexity index is 704. The number of nitrogens with one attached hydrogen (secondary N) is 1. The highest BCUT2D eigenvalue weighted by Crippen LogP contribution is 2.42. The third-order valence-electron chi connectivity index (χ3n) is 7.36. The summed E-state index contributed by atoms with van der Waals surface area (Å²) < 4.78 is 12.5. The van der Waals surface area contributed by atoms with Crippen LogP contribution in [-0.4, -0.2) is 46.9 Å². The third-order valence-corrected chi connectivity index (χ3v) is 7.36. The average Bonchev–Trinajstić information content (AvgIpc) is 2.99. The van der Waals surface area contributed by atoms with Crippen LogP contribution in [0.25, 0.3) is 0 Å². The summed E-state index contributed by atoms with van der Waals surface area (Å²) in [5.74, 6) is 1.11. The van der Waals surface area contributed by atoms with Crippen LogP contribution in [0.3, 0.4) is 0 Å². The van der Waals surface area contributed by atoms with Crippen LogP contribution in [0.15, 0.2) is 12.2 Å². The number of hydrogen-bond acceptors (Lipinski definition) is 4. The molecule has 1 saturated heterocycles. The summed E-state index contributed by atoms with van der Waals surface area (Å²) in [5, 5.41) is 2.96. The van der Waals surface area contributed by atoms with E-state index in [1.807, 2.05) is 45.6 Å². The molecular weight excluding hydrogens is 440 g/mol. The molecule has 0 aromatic rings. The van der Waals surface area contributed by atoms with Gasteiger partial charge in [0, 0.05) is 6.54 Å². The molecule has 35 heavy (non-hydrogen) atoms. The Hall–Kier alpha value is -1.56. The molecule has 0 unspecified atom stereocenters. The molecule has 1 aliphatic heterocycles. The van der Waals surface area contributed by atoms with Crippen molar-refractivity contribution < 1.29 is 19.1 Å². The van der Waals surface area contributed by atoms with Crippen molar-refractivity contribution in [1.82, 2.24) is 10.2 Å². The summed E-state index contributed by atoms with van der Waals surface area (Å²) >= 11 is 0. The fourth-order valence-electron chi connectivity index (χ4n) is 5.46. The smallest absolute Gasteiger partial charge is 0.412 e. The zero-order valence-corrected chi connectivity index (χ0v) is 23.7. The Kier molecular flexibility index (Phi) is 11.1. The van der Waals surface area contributed by atoms with E-state index in [-0.39, 0.29) is 30.1 Å². The minimum Gasteiger partial charge on any atom is -0.444 e. The fraction of sp³-hybridized carbons (Fsp3) is 0.862. The second-order valence-corrected chi connectivity index (χ2v) is 12.4. The van der Waals surface area contributed by atoms with Crippen molar-refractivity contribution in [1.29, 1.82) is 0 Å². The van der Waals surface area contributed by atoms with Crippen molar-refractivity contribution >= 4 is 12.0 Å². The van der Waals surface area contributed by atoms with E-state index in [1.54, 1.807) is 6.08 Å². The van der Waals surface area contributed by atoms with Gasteiger partial charge in [-0.25, -0.2) is 4.79 Å². The Balaban J connectivity index is 2.23. The number of carbonyl (C=O) groups excluding carboxylic acids is 2. The van der Waals surface area contributed by atoms with Crippen LogP contribution in [0, 0.1) is 17.8 Å². The standard InChI is InChI=1S/C29H52N2O4/c1-9-10-18-30-26(32)17-16-23(21(2)3)20-25-24(19-22-14-12-11-13-15-22)31(29(7,8)34-25)27(33)35-28(4,5)6/h16-17,21-25H,9-15,18-20H2,1-8H3,(H,30,32)/b17-16+/t23-,24-,25-/m0/s1. The second kappa shape index (κ2) is 13.1. The number of amides is 2. The van der Waals surface area contributed by atoms with E-state index in [4.69, 9.17) is 9.47 Å². The van der Waals surface area contributed by atoms with Gasteiger partial charge in [0.25, 0.3) is 0 Å². The maximum absolute atomic E-state index is 13.4. The number of unbranched alkanes of at least 4 members (excludes halogenated alkanes) is 1. The van der Waals surface area contributed by atoms with Crippen molar-refractivity contribution in [3.8, 4) is 0 Å². The van der Waals surface area contributed by atoms with Crippen LogP contribution < -0.4 is 5.32 Å². The highest BCUT2D eigenvalue weighted by atomic mass is 16.6. The van der Waals surface area contributed by atoms with E-state index >= 15 is 0 Å². The van der Waals surface area contributed by atoms with Crippen molar-refractivity contribution in [2.24, 2.45) is 17.8 Å². The maximum atomic E-state index is 13.4. The Morgan fingerprint density at radius 1 is 1.17 bits per heavy atom. The van der Waals surface area contributed by atoms with Crippen LogP contribution in [-0.2, 0) is 14.3 Å². The predicted molar refractivity (Wildman–Crippen MR) is 142 cm³/mol. The quantitative estimate of drug-likeness (QED) is 0.268. The lowest BCUT2D eigenvalue weighted by Gasteiger charge is -2.37. The van der Waals surface area contributed by atoms with Crippen LogP contribution in [0.4, 0.5) is 4.79 Å². The minimum absolute atomic E-state index is 0.0315. The van der Waals surface area contributed by atoms with Gasteiger partial charge in [-0.2, -0.15) is 0 Å². The van der Waals surface area contributed by atoms with E-state index in [9.17, 15) is 9.59 Å². The van der Waals surface area contributed by atoms with Gasteiger partial charge >= 0.3 is 6.09 Å². The van der Waals surface area contributed by atoms with Gasteiger partial charge in [-0.1, -0.05) is 65.4 Å². The van der Waals surface area contributed by atoms with Gasteiger partial charge in [-0.3, -0.25) is 9.69 Å². The van der Waals surface area contributed by atoms with E-state index in [2.05, 4.69) is 26.1 Å². The number of hydrogen-bond donors (Lipinski definition) is 1. The molecule has 1 heterocycles. The number of ether oxygens (including phenoxy) is 2. The molecule has 0 bridgehead atoms. The summed E-state index contributed by atoms with van der Waals surface area (Å²) in [4.78, 5) is 27.5. The predicted octanol–water partition coefficient (Wildman–Crippen LogP) is 6.83. The normalized spacial score (nSPS) is 24.2. The lowest BCUT2D eigenvalue weighted by molar-refractivity contribution is -0.116. The molecule has 2 fully saturated rings. The number of rotatable bonds is 10. The highest BCUT2D eigenvalue weighted by Gasteiger charge is 2.51. The minimum atomic E-state index is -0.741. The molecule has 3 atom stereocenters. The molecule has 6 heteroatoms. The number of allylic oxidation sites excluding steroid dienone is 1. The summed E-state index contributed by atoms with van der Waals surface area (Å²) in [6, 6.07) is -0.0315. The molecule has 0 aromatic carbocycles. The van der Waals surface area contributed by atoms with Crippen molar-refractivity contribution in [2.45, 2.75) is 137 Å². The molecule has 0 radical (unpaired) electrons. The lowest BCUT2D eigenvalue weighted by Crippen LogP contribution is -2.51. The molecule has 0 spiro atoms. The molecule has 2 amide bonds. The molecule has 1 N–H and O–H groups in total. The summed E-state index contributed by atoms with van der Waals surface area (Å²) in [7, 11) is 0. The van der Waals surface area contributed by atoms with Crippen LogP contribution >= 0.6 is 0 Å². The van der Waals surface area contributed by atoms with E-state index in [0.29, 0.717) is 18.4 Å². The van der Waals surface area contributed by atoms with Gasteiger partial charge in [0.1, 0.15) is 11.3 Å². The topological polar surface area (TPSA) is 67.9 Å². The first-order chi connectivity index (χ1) is 16.3. The largest absolute Gasteiger partial charge is 0.444 e. The van der Waals surface area contributed by atoms with Gasteiger partial charge < -0.3 is 14.8 Å². The third kappa shape index (κ3) is 9.44. The van der Waals surface area contributed by atoms with Gasteiger partial charge in [0.05, 0.1) is 12.1 Å². The van der Waals surface area contributed by atoms with Gasteiger partial charge in [-0.15, -0.1) is 0 Å². The van der Waals surface area contributed by atoms with Crippen molar-refractivity contribution in [2.75, 3.05) is 6.54 Å². The monoisotopic (exact) mass is 492 g/mol. The first-order valence-electron chi connectivity index (χ1n) is 14.0. The average molecular weight is 493 g/mol. The van der Waals surface area contributed by atoms with Gasteiger partial charge in [0.2, 0.25) is 5.91 Å². The molecule has 0 aromatic heterocycles. The van der Waals surface area contributed by atoms with Gasteiger partial charge in [-0.05, 0) is 77.7 Å². The fourth-order valence-corrected chi connectivity index (χ4v) is 5.46. The Labute approximate surface area is 214 Å². The van der Waals surface area contributed by atoms with E-state index in [1.165, 1.54) is 32.1 Å². The van der Waals surface area contributed by atoms with Crippen LogP contribution in [0.2, 0.25) is 0 Å². The second-order valence-electron chi connectivity index (χ2n) is 12.4.